The minimum atomic E-state index is -4.53. The Morgan fingerprint density at radius 3 is 2.67 bits per heavy atom. The van der Waals surface area contributed by atoms with Crippen LogP contribution in [0.2, 0.25) is 0 Å². The van der Waals surface area contributed by atoms with Gasteiger partial charge in [-0.05, 0) is 30.4 Å². The van der Waals surface area contributed by atoms with Crippen molar-refractivity contribution in [1.29, 1.82) is 0 Å². The average molecular weight is 320 g/mol. The van der Waals surface area contributed by atoms with Gasteiger partial charge >= 0.3 is 6.18 Å². The molecule has 0 unspecified atom stereocenters. The molecule has 1 aromatic rings. The zero-order valence-corrected chi connectivity index (χ0v) is 12.6. The molecule has 0 aliphatic heterocycles. The molecule has 7 heteroatoms. The van der Waals surface area contributed by atoms with Crippen LogP contribution in [0, 0.1) is 0 Å². The Hall–Kier alpha value is -1.37. The fourth-order valence-electron chi connectivity index (χ4n) is 1.70. The van der Waals surface area contributed by atoms with Crippen LogP contribution in [0.4, 0.5) is 24.5 Å². The second-order valence-corrected chi connectivity index (χ2v) is 5.71. The second kappa shape index (κ2) is 8.17. The number of thioether (sulfide) groups is 1. The molecule has 3 nitrogen and oxygen atoms in total. The zero-order chi connectivity index (χ0) is 15.9. The van der Waals surface area contributed by atoms with Crippen LogP contribution in [-0.4, -0.2) is 17.4 Å². The monoisotopic (exact) mass is 320 g/mol. The van der Waals surface area contributed by atoms with Crippen molar-refractivity contribution >= 4 is 29.0 Å². The van der Waals surface area contributed by atoms with Crippen LogP contribution in [0.15, 0.2) is 18.2 Å². The van der Waals surface area contributed by atoms with Gasteiger partial charge in [0.25, 0.3) is 0 Å². The molecular formula is C14H19F3N2OS. The first-order chi connectivity index (χ1) is 9.84. The summed E-state index contributed by atoms with van der Waals surface area (Å²) >= 11 is 1.47. The summed E-state index contributed by atoms with van der Waals surface area (Å²) in [5.41, 5.74) is 4.12. The molecule has 0 bridgehead atoms. The Bertz CT molecular complexity index is 478. The largest absolute Gasteiger partial charge is 0.418 e. The molecule has 0 fully saturated rings. The van der Waals surface area contributed by atoms with Crippen molar-refractivity contribution in [2.45, 2.75) is 32.4 Å². The maximum atomic E-state index is 12.7. The normalized spacial score (nSPS) is 11.4. The van der Waals surface area contributed by atoms with E-state index in [0.29, 0.717) is 0 Å². The molecular weight excluding hydrogens is 301 g/mol. The summed E-state index contributed by atoms with van der Waals surface area (Å²) in [5.74, 6) is 0.793. The maximum absolute atomic E-state index is 12.7. The van der Waals surface area contributed by atoms with E-state index in [2.05, 4.69) is 12.2 Å². The summed E-state index contributed by atoms with van der Waals surface area (Å²) in [6, 6.07) is 3.37. The predicted molar refractivity (Wildman–Crippen MR) is 81.3 cm³/mol. The van der Waals surface area contributed by atoms with Crippen LogP contribution in [0.3, 0.4) is 0 Å². The number of hydrogen-bond acceptors (Lipinski definition) is 3. The number of benzene rings is 1. The first-order valence-corrected chi connectivity index (χ1v) is 7.84. The fourth-order valence-corrected chi connectivity index (χ4v) is 2.51. The lowest BCUT2D eigenvalue weighted by Gasteiger charge is -2.12. The molecule has 0 spiro atoms. The summed E-state index contributed by atoms with van der Waals surface area (Å²) in [6.45, 7) is 2.09. The number of alkyl halides is 3. The number of carbonyl (C=O) groups is 1. The summed E-state index contributed by atoms with van der Waals surface area (Å²) < 4.78 is 38.1. The van der Waals surface area contributed by atoms with Crippen LogP contribution in [0.1, 0.15) is 31.7 Å². The molecule has 1 amide bonds. The zero-order valence-electron chi connectivity index (χ0n) is 11.8. The summed E-state index contributed by atoms with van der Waals surface area (Å²) in [6.07, 6.45) is -1.27. The van der Waals surface area contributed by atoms with Gasteiger partial charge < -0.3 is 11.1 Å². The molecule has 0 radical (unpaired) electrons. The van der Waals surface area contributed by atoms with Crippen molar-refractivity contribution < 1.29 is 18.0 Å². The van der Waals surface area contributed by atoms with Gasteiger partial charge in [0.1, 0.15) is 0 Å². The lowest BCUT2D eigenvalue weighted by molar-refractivity contribution is -0.136. The highest BCUT2D eigenvalue weighted by atomic mass is 32.2. The third-order valence-electron chi connectivity index (χ3n) is 2.77. The van der Waals surface area contributed by atoms with Crippen molar-refractivity contribution in [3.63, 3.8) is 0 Å². The van der Waals surface area contributed by atoms with Gasteiger partial charge in [-0.3, -0.25) is 4.79 Å². The third kappa shape index (κ3) is 6.29. The van der Waals surface area contributed by atoms with E-state index in [4.69, 9.17) is 5.73 Å². The highest BCUT2D eigenvalue weighted by Crippen LogP contribution is 2.35. The van der Waals surface area contributed by atoms with E-state index in [1.165, 1.54) is 17.8 Å². The number of unbranched alkanes of at least 4 members (excludes halogenated alkanes) is 2. The topological polar surface area (TPSA) is 55.1 Å². The van der Waals surface area contributed by atoms with Gasteiger partial charge in [0.15, 0.2) is 0 Å². The first-order valence-electron chi connectivity index (χ1n) is 6.69. The summed E-state index contributed by atoms with van der Waals surface area (Å²) in [7, 11) is 0. The molecule has 1 rings (SSSR count). The lowest BCUT2D eigenvalue weighted by atomic mass is 10.1. The van der Waals surface area contributed by atoms with Crippen molar-refractivity contribution in [2.75, 3.05) is 22.6 Å². The molecule has 3 N–H and O–H groups in total. The number of nitrogen functional groups attached to an aromatic ring is 1. The maximum Gasteiger partial charge on any atom is 0.418 e. The second-order valence-electron chi connectivity index (χ2n) is 4.61. The van der Waals surface area contributed by atoms with Crippen LogP contribution in [-0.2, 0) is 11.0 Å². The highest BCUT2D eigenvalue weighted by Gasteiger charge is 2.33. The minimum absolute atomic E-state index is 0.107. The molecule has 118 valence electrons. The van der Waals surface area contributed by atoms with Crippen LogP contribution in [0.5, 0.6) is 0 Å². The quantitative estimate of drug-likeness (QED) is 0.586. The first kappa shape index (κ1) is 17.7. The number of anilines is 2. The molecule has 21 heavy (non-hydrogen) atoms. The van der Waals surface area contributed by atoms with Crippen molar-refractivity contribution in [3.8, 4) is 0 Å². The molecule has 0 saturated heterocycles. The van der Waals surface area contributed by atoms with Gasteiger partial charge in [-0.2, -0.15) is 24.9 Å². The van der Waals surface area contributed by atoms with Gasteiger partial charge in [-0.1, -0.05) is 19.8 Å². The number of nitrogens with one attached hydrogen (secondary N) is 1. The van der Waals surface area contributed by atoms with E-state index in [0.717, 1.165) is 37.1 Å². The van der Waals surface area contributed by atoms with Gasteiger partial charge in [0, 0.05) is 11.4 Å². The van der Waals surface area contributed by atoms with Gasteiger partial charge in [-0.25, -0.2) is 0 Å². The number of amides is 1. The lowest BCUT2D eigenvalue weighted by Crippen LogP contribution is -2.16. The fraction of sp³-hybridized carbons (Fsp3) is 0.500. The Morgan fingerprint density at radius 2 is 2.05 bits per heavy atom. The Kier molecular flexibility index (Phi) is 6.87. The predicted octanol–water partition coefficient (Wildman–Crippen LogP) is 4.15. The summed E-state index contributed by atoms with van der Waals surface area (Å²) in [4.78, 5) is 11.6. The number of rotatable bonds is 7. The molecule has 0 aliphatic carbocycles. The van der Waals surface area contributed by atoms with E-state index in [1.54, 1.807) is 0 Å². The third-order valence-corrected chi connectivity index (χ3v) is 3.81. The van der Waals surface area contributed by atoms with Gasteiger partial charge in [-0.15, -0.1) is 0 Å². The smallest absolute Gasteiger partial charge is 0.398 e. The van der Waals surface area contributed by atoms with E-state index in [1.807, 2.05) is 0 Å². The van der Waals surface area contributed by atoms with E-state index in [9.17, 15) is 18.0 Å². The molecule has 0 saturated carbocycles. The minimum Gasteiger partial charge on any atom is -0.398 e. The molecule has 0 atom stereocenters. The van der Waals surface area contributed by atoms with Crippen LogP contribution >= 0.6 is 11.8 Å². The average Bonchev–Trinajstić information content (AvgIpc) is 2.39. The number of nitrogens with two attached hydrogens (primary N) is 1. The van der Waals surface area contributed by atoms with E-state index in [-0.39, 0.29) is 23.0 Å². The number of halogens is 3. The molecule has 0 heterocycles. The number of hydrogen-bond donors (Lipinski definition) is 2. The SMILES string of the molecule is CCCCCSCC(=O)Nc1ccc(N)c(C(F)(F)F)c1. The van der Waals surface area contributed by atoms with Crippen molar-refractivity contribution in [1.82, 2.24) is 0 Å². The van der Waals surface area contributed by atoms with Crippen LogP contribution in [0.25, 0.3) is 0 Å². The Balaban J connectivity index is 2.53. The highest BCUT2D eigenvalue weighted by molar-refractivity contribution is 7.99. The molecule has 1 aromatic carbocycles. The van der Waals surface area contributed by atoms with Crippen molar-refractivity contribution in [2.24, 2.45) is 0 Å². The Morgan fingerprint density at radius 1 is 1.33 bits per heavy atom. The van der Waals surface area contributed by atoms with Crippen LogP contribution < -0.4 is 11.1 Å². The summed E-state index contributed by atoms with van der Waals surface area (Å²) in [5, 5.41) is 2.46. The standard InChI is InChI=1S/C14H19F3N2OS/c1-2-3-4-7-21-9-13(20)19-10-5-6-12(18)11(8-10)14(15,16)17/h5-6,8H,2-4,7,9,18H2,1H3,(H,19,20). The van der Waals surface area contributed by atoms with E-state index < -0.39 is 11.7 Å². The molecule has 0 aromatic heterocycles. The Labute approximate surface area is 126 Å². The van der Waals surface area contributed by atoms with E-state index >= 15 is 0 Å². The van der Waals surface area contributed by atoms with Crippen molar-refractivity contribution in [3.05, 3.63) is 23.8 Å². The van der Waals surface area contributed by atoms with Gasteiger partial charge in [0.05, 0.1) is 11.3 Å². The van der Waals surface area contributed by atoms with Gasteiger partial charge in [0.2, 0.25) is 5.91 Å². The number of carbonyl (C=O) groups excluding carboxylic acids is 1. The molecule has 0 aliphatic rings.